The molecule has 2 aromatic heterocycles. The number of thiophene rings is 1. The molecule has 0 fully saturated rings. The number of nitrogens with one attached hydrogen (secondary N) is 2. The first-order valence-corrected chi connectivity index (χ1v) is 10.0. The van der Waals surface area contributed by atoms with Crippen molar-refractivity contribution >= 4 is 39.0 Å². The van der Waals surface area contributed by atoms with E-state index in [1.54, 1.807) is 17.7 Å². The Morgan fingerprint density at radius 1 is 1.44 bits per heavy atom. The first-order chi connectivity index (χ1) is 12.0. The lowest BCUT2D eigenvalue weighted by Gasteiger charge is -2.14. The van der Waals surface area contributed by atoms with Gasteiger partial charge in [-0.2, -0.15) is 0 Å². The molecule has 0 saturated carbocycles. The average molecular weight is 424 g/mol. The van der Waals surface area contributed by atoms with Gasteiger partial charge in [0.25, 0.3) is 0 Å². The zero-order valence-corrected chi connectivity index (χ0v) is 16.5. The van der Waals surface area contributed by atoms with Gasteiger partial charge in [0, 0.05) is 35.6 Å². The van der Waals surface area contributed by atoms with Crippen molar-refractivity contribution in [1.82, 2.24) is 15.3 Å². The predicted molar refractivity (Wildman–Crippen MR) is 104 cm³/mol. The lowest BCUT2D eigenvalue weighted by Crippen LogP contribution is -2.43. The number of halogens is 1. The molecule has 1 amide bonds. The topological polar surface area (TPSA) is 92.9 Å². The molecule has 1 aliphatic rings. The molecule has 0 bridgehead atoms. The van der Waals surface area contributed by atoms with Gasteiger partial charge in [0.1, 0.15) is 12.1 Å². The van der Waals surface area contributed by atoms with Gasteiger partial charge >= 0.3 is 0 Å². The summed E-state index contributed by atoms with van der Waals surface area (Å²) in [5.41, 5.74) is 8.34. The van der Waals surface area contributed by atoms with Crippen molar-refractivity contribution in [2.75, 3.05) is 18.4 Å². The van der Waals surface area contributed by atoms with E-state index in [1.165, 1.54) is 5.56 Å². The highest BCUT2D eigenvalue weighted by molar-refractivity contribution is 9.11. The third kappa shape index (κ3) is 4.56. The molecule has 0 spiro atoms. The fourth-order valence-corrected chi connectivity index (χ4v) is 4.60. The van der Waals surface area contributed by atoms with Crippen molar-refractivity contribution in [3.8, 4) is 0 Å². The van der Waals surface area contributed by atoms with Gasteiger partial charge < -0.3 is 16.4 Å². The number of rotatable bonds is 7. The van der Waals surface area contributed by atoms with Gasteiger partial charge in [-0.25, -0.2) is 9.97 Å². The Morgan fingerprint density at radius 2 is 2.28 bits per heavy atom. The maximum atomic E-state index is 12.1. The van der Waals surface area contributed by atoms with Gasteiger partial charge in [0.15, 0.2) is 0 Å². The minimum atomic E-state index is -0.533. The lowest BCUT2D eigenvalue weighted by atomic mass is 10.1. The van der Waals surface area contributed by atoms with E-state index >= 15 is 0 Å². The van der Waals surface area contributed by atoms with Crippen LogP contribution < -0.4 is 16.4 Å². The van der Waals surface area contributed by atoms with Gasteiger partial charge in [0.05, 0.1) is 9.83 Å². The molecule has 134 valence electrons. The Morgan fingerprint density at radius 3 is 3.04 bits per heavy atom. The quantitative estimate of drug-likeness (QED) is 0.594. The van der Waals surface area contributed by atoms with Crippen LogP contribution in [0.15, 0.2) is 22.2 Å². The van der Waals surface area contributed by atoms with Crippen LogP contribution in [0.2, 0.25) is 0 Å². The molecule has 0 saturated heterocycles. The fraction of sp³-hybridized carbons (Fsp3) is 0.471. The summed E-state index contributed by atoms with van der Waals surface area (Å²) < 4.78 is 1.05. The molecule has 25 heavy (non-hydrogen) atoms. The van der Waals surface area contributed by atoms with Crippen molar-refractivity contribution in [3.63, 3.8) is 0 Å². The number of carbonyl (C=O) groups excluding carboxylic acids is 1. The van der Waals surface area contributed by atoms with E-state index in [0.717, 1.165) is 33.0 Å². The average Bonchev–Trinajstić information content (AvgIpc) is 3.17. The first kappa shape index (κ1) is 18.3. The monoisotopic (exact) mass is 423 g/mol. The molecule has 1 aliphatic carbocycles. The van der Waals surface area contributed by atoms with Crippen LogP contribution in [0.3, 0.4) is 0 Å². The maximum absolute atomic E-state index is 12.1. The second-order valence-corrected chi connectivity index (χ2v) is 8.80. The molecule has 6 nitrogen and oxygen atoms in total. The summed E-state index contributed by atoms with van der Waals surface area (Å²) >= 11 is 5.02. The van der Waals surface area contributed by atoms with E-state index in [2.05, 4.69) is 43.5 Å². The minimum absolute atomic E-state index is 0.132. The van der Waals surface area contributed by atoms with Gasteiger partial charge in [-0.05, 0) is 46.8 Å². The van der Waals surface area contributed by atoms with Crippen LogP contribution in [0.1, 0.15) is 35.4 Å². The number of aromatic nitrogens is 2. The highest BCUT2D eigenvalue weighted by Crippen LogP contribution is 2.35. The molecule has 2 aromatic rings. The fourth-order valence-electron chi connectivity index (χ4n) is 3.06. The number of nitrogens with zero attached hydrogens (tertiary/aromatic N) is 2. The molecule has 2 heterocycles. The first-order valence-electron chi connectivity index (χ1n) is 8.39. The van der Waals surface area contributed by atoms with Crippen molar-refractivity contribution in [3.05, 3.63) is 38.4 Å². The van der Waals surface area contributed by atoms with Crippen molar-refractivity contribution in [2.45, 2.75) is 38.1 Å². The summed E-state index contributed by atoms with van der Waals surface area (Å²) in [6.07, 6.45) is 4.28. The van der Waals surface area contributed by atoms with Crippen LogP contribution in [0.5, 0.6) is 0 Å². The summed E-state index contributed by atoms with van der Waals surface area (Å²) in [4.78, 5) is 21.9. The molecule has 2 atom stereocenters. The van der Waals surface area contributed by atoms with Crippen LogP contribution >= 0.6 is 27.3 Å². The van der Waals surface area contributed by atoms with Crippen LogP contribution in [0.25, 0.3) is 0 Å². The third-order valence-corrected chi connectivity index (χ3v) is 6.02. The van der Waals surface area contributed by atoms with Crippen LogP contribution in [0, 0.1) is 0 Å². The largest absolute Gasteiger partial charge is 0.368 e. The van der Waals surface area contributed by atoms with Crippen LogP contribution in [0.4, 0.5) is 5.82 Å². The van der Waals surface area contributed by atoms with Crippen LogP contribution in [-0.2, 0) is 17.6 Å². The SMILES string of the molecule is CC1CCc2ncnc(NCCNC(=O)[C@H](N)Cc3ccc(Br)s3)c21. The molecule has 3 rings (SSSR count). The second-order valence-electron chi connectivity index (χ2n) is 6.26. The normalized spacial score (nSPS) is 17.2. The Bertz CT molecular complexity index is 750. The highest BCUT2D eigenvalue weighted by Gasteiger charge is 2.23. The number of fused-ring (bicyclic) bond motifs is 1. The number of anilines is 1. The van der Waals surface area contributed by atoms with Crippen molar-refractivity contribution in [1.29, 1.82) is 0 Å². The molecular weight excluding hydrogens is 402 g/mol. The molecule has 8 heteroatoms. The molecule has 0 radical (unpaired) electrons. The number of hydrogen-bond acceptors (Lipinski definition) is 6. The molecule has 1 unspecified atom stereocenters. The summed E-state index contributed by atoms with van der Waals surface area (Å²) in [5.74, 6) is 1.23. The Kier molecular flexibility index (Phi) is 6.03. The van der Waals surface area contributed by atoms with E-state index in [0.29, 0.717) is 25.4 Å². The Hall–Kier alpha value is -1.51. The standard InChI is InChI=1S/C17H22BrN5OS/c1-10-2-4-13-15(10)16(23-9-22-13)20-6-7-21-17(24)12(19)8-11-3-5-14(18)25-11/h3,5,9-10,12H,2,4,6-8,19H2,1H3,(H,21,24)(H,20,22,23)/t10?,12-/m1/s1. The number of hydrogen-bond donors (Lipinski definition) is 3. The predicted octanol–water partition coefficient (Wildman–Crippen LogP) is 2.45. The molecule has 4 N–H and O–H groups in total. The van der Waals surface area contributed by atoms with Crippen molar-refractivity contribution in [2.24, 2.45) is 5.73 Å². The van der Waals surface area contributed by atoms with Crippen molar-refractivity contribution < 1.29 is 4.79 Å². The Balaban J connectivity index is 1.44. The molecule has 0 aromatic carbocycles. The van der Waals surface area contributed by atoms with E-state index in [-0.39, 0.29) is 5.91 Å². The van der Waals surface area contributed by atoms with Crippen LogP contribution in [-0.4, -0.2) is 35.0 Å². The summed E-state index contributed by atoms with van der Waals surface area (Å²) in [5, 5.41) is 6.19. The molecule has 0 aliphatic heterocycles. The number of nitrogens with two attached hydrogens (primary N) is 1. The lowest BCUT2D eigenvalue weighted by molar-refractivity contribution is -0.122. The minimum Gasteiger partial charge on any atom is -0.368 e. The maximum Gasteiger partial charge on any atom is 0.237 e. The molecular formula is C17H22BrN5OS. The highest BCUT2D eigenvalue weighted by atomic mass is 79.9. The zero-order valence-electron chi connectivity index (χ0n) is 14.1. The van der Waals surface area contributed by atoms with E-state index in [1.807, 2.05) is 12.1 Å². The Labute approximate surface area is 159 Å². The van der Waals surface area contributed by atoms with Gasteiger partial charge in [-0.1, -0.05) is 6.92 Å². The third-order valence-electron chi connectivity index (χ3n) is 4.38. The van der Waals surface area contributed by atoms with Gasteiger partial charge in [-0.3, -0.25) is 4.79 Å². The summed E-state index contributed by atoms with van der Waals surface area (Å²) in [6, 6.07) is 3.42. The van der Waals surface area contributed by atoms with E-state index in [4.69, 9.17) is 5.73 Å². The summed E-state index contributed by atoms with van der Waals surface area (Å²) in [7, 11) is 0. The van der Waals surface area contributed by atoms with Gasteiger partial charge in [0.2, 0.25) is 5.91 Å². The van der Waals surface area contributed by atoms with E-state index in [9.17, 15) is 4.79 Å². The van der Waals surface area contributed by atoms with E-state index < -0.39 is 6.04 Å². The zero-order chi connectivity index (χ0) is 17.8. The summed E-state index contributed by atoms with van der Waals surface area (Å²) in [6.45, 7) is 3.32. The smallest absolute Gasteiger partial charge is 0.237 e. The second kappa shape index (κ2) is 8.25. The number of aryl methyl sites for hydroxylation is 1. The number of amides is 1. The number of carbonyl (C=O) groups is 1. The van der Waals surface area contributed by atoms with Gasteiger partial charge in [-0.15, -0.1) is 11.3 Å².